The number of ether oxygens (including phenoxy) is 3. The topological polar surface area (TPSA) is 106 Å². The summed E-state index contributed by atoms with van der Waals surface area (Å²) in [5, 5.41) is 2.72. The van der Waals surface area contributed by atoms with Gasteiger partial charge in [0.05, 0.1) is 20.0 Å². The molecule has 9 heteroatoms. The number of hydrogen-bond donors (Lipinski definition) is 2. The van der Waals surface area contributed by atoms with Gasteiger partial charge in [0, 0.05) is 31.4 Å². The van der Waals surface area contributed by atoms with Gasteiger partial charge in [-0.2, -0.15) is 0 Å². The van der Waals surface area contributed by atoms with Crippen LogP contribution in [-0.4, -0.2) is 65.5 Å². The van der Waals surface area contributed by atoms with Gasteiger partial charge in [0.2, 0.25) is 0 Å². The zero-order valence-electron chi connectivity index (χ0n) is 18.6. The van der Waals surface area contributed by atoms with Crippen LogP contribution in [0.25, 0.3) is 0 Å². The van der Waals surface area contributed by atoms with Gasteiger partial charge in [-0.05, 0) is 26.3 Å². The zero-order valence-corrected chi connectivity index (χ0v) is 18.6. The van der Waals surface area contributed by atoms with E-state index in [1.807, 2.05) is 35.2 Å². The van der Waals surface area contributed by atoms with Gasteiger partial charge in [-0.1, -0.05) is 30.3 Å². The number of imidazole rings is 1. The molecule has 170 valence electrons. The molecule has 0 radical (unpaired) electrons. The third-order valence-corrected chi connectivity index (χ3v) is 4.32. The van der Waals surface area contributed by atoms with Crippen LogP contribution in [0.1, 0.15) is 32.0 Å². The second-order valence-corrected chi connectivity index (χ2v) is 8.02. The predicted molar refractivity (Wildman–Crippen MR) is 115 cm³/mol. The van der Waals surface area contributed by atoms with Crippen molar-refractivity contribution in [2.24, 2.45) is 0 Å². The molecule has 0 saturated heterocycles. The summed E-state index contributed by atoms with van der Waals surface area (Å²) in [6, 6.07) is 9.15. The molecular weight excluding hydrogens is 400 g/mol. The molecule has 1 aromatic carbocycles. The van der Waals surface area contributed by atoms with Gasteiger partial charge in [0.1, 0.15) is 18.4 Å². The van der Waals surface area contributed by atoms with Crippen LogP contribution >= 0.6 is 0 Å². The van der Waals surface area contributed by atoms with Gasteiger partial charge < -0.3 is 24.5 Å². The van der Waals surface area contributed by atoms with Crippen molar-refractivity contribution in [3.05, 3.63) is 54.1 Å². The number of amides is 1. The molecule has 1 heterocycles. The van der Waals surface area contributed by atoms with E-state index in [4.69, 9.17) is 14.2 Å². The first-order valence-corrected chi connectivity index (χ1v) is 10.2. The molecule has 0 saturated carbocycles. The highest BCUT2D eigenvalue weighted by molar-refractivity contribution is 5.76. The minimum Gasteiger partial charge on any atom is -0.468 e. The molecule has 2 N–H and O–H groups in total. The largest absolute Gasteiger partial charge is 0.468 e. The van der Waals surface area contributed by atoms with E-state index < -0.39 is 23.7 Å². The van der Waals surface area contributed by atoms with E-state index in [9.17, 15) is 9.59 Å². The Morgan fingerprint density at radius 2 is 1.97 bits per heavy atom. The molecule has 0 bridgehead atoms. The summed E-state index contributed by atoms with van der Waals surface area (Å²) in [6.07, 6.45) is 3.08. The number of carbonyl (C=O) groups excluding carboxylic acids is 2. The van der Waals surface area contributed by atoms with Crippen LogP contribution in [-0.2, 0) is 32.0 Å². The van der Waals surface area contributed by atoms with E-state index in [1.54, 1.807) is 33.3 Å². The van der Waals surface area contributed by atoms with Gasteiger partial charge in [0.25, 0.3) is 0 Å². The quantitative estimate of drug-likeness (QED) is 0.415. The van der Waals surface area contributed by atoms with Crippen LogP contribution in [0.15, 0.2) is 42.9 Å². The van der Waals surface area contributed by atoms with E-state index in [0.29, 0.717) is 19.6 Å². The first kappa shape index (κ1) is 24.4. The zero-order chi connectivity index (χ0) is 22.7. The van der Waals surface area contributed by atoms with E-state index in [0.717, 1.165) is 11.3 Å². The molecule has 31 heavy (non-hydrogen) atoms. The molecule has 2 aromatic rings. The highest BCUT2D eigenvalue weighted by atomic mass is 16.6. The Kier molecular flexibility index (Phi) is 9.48. The Morgan fingerprint density at radius 1 is 1.23 bits per heavy atom. The molecule has 0 aliphatic carbocycles. The SMILES string of the molecule is COC(=O)[C@H](Cc1cnc[nH]1)N(CCNC(=O)OC(C)(C)C)COCc1ccccc1. The maximum absolute atomic E-state index is 12.5. The minimum absolute atomic E-state index is 0.179. The van der Waals surface area contributed by atoms with Crippen LogP contribution in [0.4, 0.5) is 4.79 Å². The van der Waals surface area contributed by atoms with Crippen molar-refractivity contribution in [2.45, 2.75) is 45.4 Å². The molecule has 2 rings (SSSR count). The molecular formula is C22H32N4O5. The number of alkyl carbamates (subject to hydrolysis) is 1. The number of nitrogens with one attached hydrogen (secondary N) is 2. The summed E-state index contributed by atoms with van der Waals surface area (Å²) in [6.45, 7) is 6.62. The summed E-state index contributed by atoms with van der Waals surface area (Å²) in [5.41, 5.74) is 1.23. The standard InChI is InChI=1S/C22H32N4O5/c1-22(2,3)31-21(28)24-10-11-26(16-30-14-17-8-6-5-7-9-17)19(20(27)29-4)12-18-13-23-15-25-18/h5-9,13,15,19H,10-12,14,16H2,1-4H3,(H,23,25)(H,24,28)/t19-/m0/s1. The van der Waals surface area contributed by atoms with Crippen LogP contribution in [0.2, 0.25) is 0 Å². The highest BCUT2D eigenvalue weighted by Gasteiger charge is 2.28. The van der Waals surface area contributed by atoms with Gasteiger partial charge in [-0.3, -0.25) is 9.69 Å². The van der Waals surface area contributed by atoms with Crippen molar-refractivity contribution in [1.29, 1.82) is 0 Å². The van der Waals surface area contributed by atoms with Crippen LogP contribution in [0, 0.1) is 0 Å². The van der Waals surface area contributed by atoms with Crippen molar-refractivity contribution in [1.82, 2.24) is 20.2 Å². The lowest BCUT2D eigenvalue weighted by atomic mass is 10.1. The van der Waals surface area contributed by atoms with E-state index >= 15 is 0 Å². The maximum Gasteiger partial charge on any atom is 0.407 e. The second-order valence-electron chi connectivity index (χ2n) is 8.02. The molecule has 1 atom stereocenters. The number of nitrogens with zero attached hydrogens (tertiary/aromatic N) is 2. The Morgan fingerprint density at radius 3 is 2.58 bits per heavy atom. The molecule has 0 spiro atoms. The lowest BCUT2D eigenvalue weighted by Crippen LogP contribution is -2.48. The fourth-order valence-corrected chi connectivity index (χ4v) is 2.88. The molecule has 1 amide bonds. The Hall–Kier alpha value is -2.91. The van der Waals surface area contributed by atoms with Gasteiger partial charge >= 0.3 is 12.1 Å². The van der Waals surface area contributed by atoms with Gasteiger partial charge in [0.15, 0.2) is 0 Å². The van der Waals surface area contributed by atoms with Crippen LogP contribution < -0.4 is 5.32 Å². The van der Waals surface area contributed by atoms with Crippen molar-refractivity contribution < 1.29 is 23.8 Å². The third-order valence-electron chi connectivity index (χ3n) is 4.32. The second kappa shape index (κ2) is 12.1. The number of H-pyrrole nitrogens is 1. The van der Waals surface area contributed by atoms with Crippen molar-refractivity contribution >= 4 is 12.1 Å². The average Bonchev–Trinajstić information content (AvgIpc) is 3.23. The van der Waals surface area contributed by atoms with E-state index in [2.05, 4.69) is 15.3 Å². The highest BCUT2D eigenvalue weighted by Crippen LogP contribution is 2.11. The molecule has 0 unspecified atom stereocenters. The number of methoxy groups -OCH3 is 1. The summed E-state index contributed by atoms with van der Waals surface area (Å²) in [7, 11) is 1.35. The van der Waals surface area contributed by atoms with Crippen LogP contribution in [0.5, 0.6) is 0 Å². The number of carbonyl (C=O) groups is 2. The monoisotopic (exact) mass is 432 g/mol. The summed E-state index contributed by atoms with van der Waals surface area (Å²) in [5.74, 6) is -0.393. The summed E-state index contributed by atoms with van der Waals surface area (Å²) in [4.78, 5) is 33.3. The molecule has 1 aromatic heterocycles. The summed E-state index contributed by atoms with van der Waals surface area (Å²) >= 11 is 0. The number of esters is 1. The van der Waals surface area contributed by atoms with Crippen LogP contribution in [0.3, 0.4) is 0 Å². The Labute approximate surface area is 183 Å². The number of rotatable bonds is 11. The lowest BCUT2D eigenvalue weighted by molar-refractivity contribution is -0.149. The average molecular weight is 433 g/mol. The molecule has 0 aliphatic heterocycles. The van der Waals surface area contributed by atoms with E-state index in [1.165, 1.54) is 7.11 Å². The normalized spacial score (nSPS) is 12.4. The summed E-state index contributed by atoms with van der Waals surface area (Å²) < 4.78 is 16.1. The number of hydrogen-bond acceptors (Lipinski definition) is 7. The third kappa shape index (κ3) is 9.18. The molecule has 0 fully saturated rings. The maximum atomic E-state index is 12.5. The predicted octanol–water partition coefficient (Wildman–Crippen LogP) is 2.49. The smallest absolute Gasteiger partial charge is 0.407 e. The van der Waals surface area contributed by atoms with Crippen molar-refractivity contribution in [3.8, 4) is 0 Å². The van der Waals surface area contributed by atoms with Gasteiger partial charge in [-0.15, -0.1) is 0 Å². The lowest BCUT2D eigenvalue weighted by Gasteiger charge is -2.29. The number of aromatic nitrogens is 2. The van der Waals surface area contributed by atoms with Gasteiger partial charge in [-0.25, -0.2) is 9.78 Å². The first-order chi connectivity index (χ1) is 14.8. The molecule has 9 nitrogen and oxygen atoms in total. The van der Waals surface area contributed by atoms with Crippen molar-refractivity contribution in [2.75, 3.05) is 26.9 Å². The Balaban J connectivity index is 2.02. The van der Waals surface area contributed by atoms with E-state index in [-0.39, 0.29) is 13.3 Å². The first-order valence-electron chi connectivity index (χ1n) is 10.2. The van der Waals surface area contributed by atoms with Crippen molar-refractivity contribution in [3.63, 3.8) is 0 Å². The number of benzene rings is 1. The Bertz CT molecular complexity index is 790. The fourth-order valence-electron chi connectivity index (χ4n) is 2.88. The minimum atomic E-state index is -0.610. The number of aromatic amines is 1. The fraction of sp³-hybridized carbons (Fsp3) is 0.500. The molecule has 0 aliphatic rings.